The molecule has 0 saturated heterocycles. The van der Waals surface area contributed by atoms with Crippen molar-refractivity contribution in [1.29, 1.82) is 0 Å². The second-order valence-corrected chi connectivity index (χ2v) is 7.58. The summed E-state index contributed by atoms with van der Waals surface area (Å²) in [7, 11) is 0. The Morgan fingerprint density at radius 2 is 1.90 bits per heavy atom. The van der Waals surface area contributed by atoms with Crippen LogP contribution in [0.1, 0.15) is 45.4 Å². The van der Waals surface area contributed by atoms with Crippen LogP contribution in [0.15, 0.2) is 6.33 Å². The van der Waals surface area contributed by atoms with Gasteiger partial charge in [0.25, 0.3) is 0 Å². The monoisotopic (exact) mass is 289 g/mol. The van der Waals surface area contributed by atoms with Crippen LogP contribution in [0.25, 0.3) is 0 Å². The van der Waals surface area contributed by atoms with Gasteiger partial charge in [-0.15, -0.1) is 5.10 Å². The van der Waals surface area contributed by atoms with Crippen LogP contribution < -0.4 is 5.32 Å². The van der Waals surface area contributed by atoms with Gasteiger partial charge in [-0.1, -0.05) is 0 Å². The molecule has 4 bridgehead atoms. The highest BCUT2D eigenvalue weighted by Crippen LogP contribution is 2.61. The van der Waals surface area contributed by atoms with Crippen molar-refractivity contribution in [3.05, 3.63) is 6.33 Å². The van der Waals surface area contributed by atoms with Gasteiger partial charge >= 0.3 is 0 Å². The third-order valence-corrected chi connectivity index (χ3v) is 6.08. The molecule has 1 aromatic heterocycles. The van der Waals surface area contributed by atoms with Crippen LogP contribution in [0.3, 0.4) is 0 Å². The standard InChI is InChI=1S/C15H23N5O/c1-10(17-14(21)8-20-9-16-18-19-20)15-5-11-2-12(6-15)4-13(3-11)7-15/h9-13H,2-8H2,1H3,(H,17,21)/t10-,11?,12?,13?,15?/m0/s1. The Balaban J connectivity index is 1.42. The van der Waals surface area contributed by atoms with Gasteiger partial charge in [-0.05, 0) is 79.0 Å². The number of carbonyl (C=O) groups excluding carboxylic acids is 1. The predicted molar refractivity (Wildman–Crippen MR) is 76.0 cm³/mol. The molecule has 4 aliphatic carbocycles. The maximum absolute atomic E-state index is 12.2. The SMILES string of the molecule is C[C@H](NC(=O)Cn1cnnn1)C12CC3CC(CC(C3)C1)C2. The molecule has 1 heterocycles. The van der Waals surface area contributed by atoms with E-state index in [0.29, 0.717) is 5.41 Å². The van der Waals surface area contributed by atoms with Crippen LogP contribution in [0.2, 0.25) is 0 Å². The minimum atomic E-state index is 0.0190. The molecule has 0 aromatic carbocycles. The number of tetrazole rings is 1. The second-order valence-electron chi connectivity index (χ2n) is 7.58. The molecule has 4 saturated carbocycles. The molecular weight excluding hydrogens is 266 g/mol. The van der Waals surface area contributed by atoms with E-state index in [1.165, 1.54) is 49.5 Å². The molecule has 1 amide bonds. The highest BCUT2D eigenvalue weighted by Gasteiger charge is 2.53. The average Bonchev–Trinajstić information content (AvgIpc) is 2.89. The van der Waals surface area contributed by atoms with E-state index >= 15 is 0 Å². The van der Waals surface area contributed by atoms with Gasteiger partial charge in [-0.25, -0.2) is 4.68 Å². The zero-order valence-electron chi connectivity index (χ0n) is 12.5. The molecule has 1 N–H and O–H groups in total. The summed E-state index contributed by atoms with van der Waals surface area (Å²) in [5.74, 6) is 2.76. The number of carbonyl (C=O) groups is 1. The Hall–Kier alpha value is -1.46. The lowest BCUT2D eigenvalue weighted by molar-refractivity contribution is -0.126. The summed E-state index contributed by atoms with van der Waals surface area (Å²) < 4.78 is 1.47. The van der Waals surface area contributed by atoms with Gasteiger partial charge in [0.05, 0.1) is 0 Å². The molecule has 0 spiro atoms. The lowest BCUT2D eigenvalue weighted by Crippen LogP contribution is -2.56. The van der Waals surface area contributed by atoms with Crippen molar-refractivity contribution in [2.75, 3.05) is 0 Å². The molecule has 0 aliphatic heterocycles. The summed E-state index contributed by atoms with van der Waals surface area (Å²) in [6, 6.07) is 0.259. The molecule has 5 rings (SSSR count). The molecular formula is C15H23N5O. The normalized spacial score (nSPS) is 38.4. The van der Waals surface area contributed by atoms with E-state index < -0.39 is 0 Å². The van der Waals surface area contributed by atoms with Crippen molar-refractivity contribution in [2.45, 2.75) is 58.0 Å². The van der Waals surface area contributed by atoms with Crippen molar-refractivity contribution < 1.29 is 4.79 Å². The first-order valence-electron chi connectivity index (χ1n) is 8.13. The van der Waals surface area contributed by atoms with Crippen molar-refractivity contribution in [1.82, 2.24) is 25.5 Å². The molecule has 1 atom stereocenters. The predicted octanol–water partition coefficient (Wildman–Crippen LogP) is 1.39. The van der Waals surface area contributed by atoms with Gasteiger partial charge in [0, 0.05) is 6.04 Å². The summed E-state index contributed by atoms with van der Waals surface area (Å²) in [4.78, 5) is 12.2. The lowest BCUT2D eigenvalue weighted by Gasteiger charge is -2.59. The van der Waals surface area contributed by atoms with E-state index in [4.69, 9.17) is 0 Å². The smallest absolute Gasteiger partial charge is 0.242 e. The highest BCUT2D eigenvalue weighted by molar-refractivity contribution is 5.76. The maximum atomic E-state index is 12.2. The summed E-state index contributed by atoms with van der Waals surface area (Å²) >= 11 is 0. The summed E-state index contributed by atoms with van der Waals surface area (Å²) in [5, 5.41) is 14.1. The van der Waals surface area contributed by atoms with E-state index in [1.807, 2.05) is 0 Å². The summed E-state index contributed by atoms with van der Waals surface area (Å²) in [5.41, 5.74) is 0.352. The second kappa shape index (κ2) is 4.78. The number of amides is 1. The third kappa shape index (κ3) is 2.34. The summed E-state index contributed by atoms with van der Waals surface area (Å²) in [6.45, 7) is 2.41. The van der Waals surface area contributed by atoms with Gasteiger partial charge in [0.2, 0.25) is 5.91 Å². The van der Waals surface area contributed by atoms with Gasteiger partial charge in [-0.2, -0.15) is 0 Å². The molecule has 0 radical (unpaired) electrons. The quantitative estimate of drug-likeness (QED) is 0.909. The number of nitrogens with one attached hydrogen (secondary N) is 1. The Bertz CT molecular complexity index is 491. The topological polar surface area (TPSA) is 72.7 Å². The van der Waals surface area contributed by atoms with Crippen LogP contribution in [0.4, 0.5) is 0 Å². The van der Waals surface area contributed by atoms with E-state index in [2.05, 4.69) is 27.8 Å². The average molecular weight is 289 g/mol. The minimum Gasteiger partial charge on any atom is -0.351 e. The number of hydrogen-bond acceptors (Lipinski definition) is 4. The first-order valence-corrected chi connectivity index (χ1v) is 8.13. The van der Waals surface area contributed by atoms with Crippen molar-refractivity contribution >= 4 is 5.91 Å². The van der Waals surface area contributed by atoms with Gasteiger partial charge in [0.1, 0.15) is 12.9 Å². The number of nitrogens with zero attached hydrogens (tertiary/aromatic N) is 4. The fourth-order valence-electron chi connectivity index (χ4n) is 5.55. The van der Waals surface area contributed by atoms with E-state index in [9.17, 15) is 4.79 Å². The molecule has 21 heavy (non-hydrogen) atoms. The molecule has 114 valence electrons. The molecule has 6 heteroatoms. The van der Waals surface area contributed by atoms with Crippen LogP contribution >= 0.6 is 0 Å². The Kier molecular flexibility index (Phi) is 3.01. The summed E-state index contributed by atoms with van der Waals surface area (Å²) in [6.07, 6.45) is 9.72. The zero-order valence-corrected chi connectivity index (χ0v) is 12.5. The van der Waals surface area contributed by atoms with E-state index in [-0.39, 0.29) is 18.5 Å². The van der Waals surface area contributed by atoms with Crippen LogP contribution in [-0.2, 0) is 11.3 Å². The molecule has 4 fully saturated rings. The fraction of sp³-hybridized carbons (Fsp3) is 0.867. The van der Waals surface area contributed by atoms with Gasteiger partial charge < -0.3 is 5.32 Å². The van der Waals surface area contributed by atoms with Crippen LogP contribution in [-0.4, -0.2) is 32.2 Å². The lowest BCUT2D eigenvalue weighted by atomic mass is 9.48. The van der Waals surface area contributed by atoms with E-state index in [1.54, 1.807) is 0 Å². The van der Waals surface area contributed by atoms with Crippen LogP contribution in [0, 0.1) is 23.2 Å². The maximum Gasteiger partial charge on any atom is 0.242 e. The number of hydrogen-bond donors (Lipinski definition) is 1. The largest absolute Gasteiger partial charge is 0.351 e. The van der Waals surface area contributed by atoms with Crippen LogP contribution in [0.5, 0.6) is 0 Å². The molecule has 6 nitrogen and oxygen atoms in total. The third-order valence-electron chi connectivity index (χ3n) is 6.08. The molecule has 4 aliphatic rings. The van der Waals surface area contributed by atoms with E-state index in [0.717, 1.165) is 17.8 Å². The highest BCUT2D eigenvalue weighted by atomic mass is 16.2. The fourth-order valence-corrected chi connectivity index (χ4v) is 5.55. The van der Waals surface area contributed by atoms with Crippen molar-refractivity contribution in [2.24, 2.45) is 23.2 Å². The Morgan fingerprint density at radius 3 is 2.43 bits per heavy atom. The first-order chi connectivity index (χ1) is 10.1. The van der Waals surface area contributed by atoms with Crippen molar-refractivity contribution in [3.63, 3.8) is 0 Å². The Morgan fingerprint density at radius 1 is 1.29 bits per heavy atom. The van der Waals surface area contributed by atoms with Gasteiger partial charge in [0.15, 0.2) is 0 Å². The first kappa shape index (κ1) is 13.2. The molecule has 0 unspecified atom stereocenters. The number of rotatable bonds is 4. The minimum absolute atomic E-state index is 0.0190. The number of aromatic nitrogens is 4. The van der Waals surface area contributed by atoms with Gasteiger partial charge in [-0.3, -0.25) is 4.79 Å². The Labute approximate surface area is 124 Å². The zero-order chi connectivity index (χ0) is 14.4. The molecule has 1 aromatic rings. The van der Waals surface area contributed by atoms with Crippen molar-refractivity contribution in [3.8, 4) is 0 Å².